The number of fused-ring (bicyclic) bond motifs is 1. The summed E-state index contributed by atoms with van der Waals surface area (Å²) < 4.78 is 24.1. The van der Waals surface area contributed by atoms with Crippen molar-refractivity contribution < 1.29 is 13.2 Å². The quantitative estimate of drug-likeness (QED) is 0.606. The number of rotatable bonds is 3. The fourth-order valence-electron chi connectivity index (χ4n) is 4.93. The molecule has 2 aliphatic heterocycles. The van der Waals surface area contributed by atoms with E-state index < -0.39 is 15.3 Å². The zero-order valence-electron chi connectivity index (χ0n) is 18.7. The van der Waals surface area contributed by atoms with Gasteiger partial charge in [0.15, 0.2) is 21.3 Å². The van der Waals surface area contributed by atoms with Crippen molar-refractivity contribution in [3.8, 4) is 11.3 Å². The number of nitrogens with zero attached hydrogens (tertiary/aromatic N) is 3. The van der Waals surface area contributed by atoms with E-state index in [0.29, 0.717) is 33.9 Å². The molecule has 1 atom stereocenters. The highest BCUT2D eigenvalue weighted by Crippen LogP contribution is 2.42. The van der Waals surface area contributed by atoms with Gasteiger partial charge in [-0.1, -0.05) is 32.9 Å². The highest BCUT2D eigenvalue weighted by atomic mass is 32.2. The number of carbonyl (C=O) groups is 1. The van der Waals surface area contributed by atoms with E-state index in [4.69, 9.17) is 4.98 Å². The molecule has 0 amide bonds. The van der Waals surface area contributed by atoms with Gasteiger partial charge in [-0.2, -0.15) is 0 Å². The molecule has 1 unspecified atom stereocenters. The van der Waals surface area contributed by atoms with Gasteiger partial charge in [-0.25, -0.2) is 18.4 Å². The predicted molar refractivity (Wildman–Crippen MR) is 126 cm³/mol. The smallest absolute Gasteiger partial charge is 0.171 e. The van der Waals surface area contributed by atoms with Crippen molar-refractivity contribution >= 4 is 32.5 Å². The fourth-order valence-corrected chi connectivity index (χ4v) is 7.13. The second kappa shape index (κ2) is 7.13. The molecule has 0 aliphatic carbocycles. The number of ketones is 1. The Labute approximate surface area is 188 Å². The van der Waals surface area contributed by atoms with Crippen LogP contribution in [0.25, 0.3) is 22.4 Å². The molecule has 2 saturated heterocycles. The van der Waals surface area contributed by atoms with Crippen LogP contribution in [0.1, 0.15) is 44.0 Å². The Hall–Kier alpha value is -2.74. The van der Waals surface area contributed by atoms with Crippen molar-refractivity contribution in [1.29, 1.82) is 0 Å². The van der Waals surface area contributed by atoms with E-state index >= 15 is 0 Å². The maximum absolute atomic E-state index is 12.8. The lowest BCUT2D eigenvalue weighted by Gasteiger charge is -2.24. The van der Waals surface area contributed by atoms with Gasteiger partial charge in [0.25, 0.3) is 0 Å². The van der Waals surface area contributed by atoms with E-state index in [-0.39, 0.29) is 11.2 Å². The Balaban J connectivity index is 1.45. The number of hydrogen-bond donors (Lipinski definition) is 1. The maximum atomic E-state index is 12.8. The fraction of sp³-hybridized carbons (Fsp3) is 0.458. The third-order valence-electron chi connectivity index (χ3n) is 6.72. The number of hydrogen-bond acceptors (Lipinski definition) is 6. The van der Waals surface area contributed by atoms with Gasteiger partial charge in [0.2, 0.25) is 0 Å². The summed E-state index contributed by atoms with van der Waals surface area (Å²) in [7, 11) is -2.91. The number of aromatic nitrogens is 3. The first kappa shape index (κ1) is 21.1. The number of aromatic amines is 1. The van der Waals surface area contributed by atoms with E-state index in [0.717, 1.165) is 37.2 Å². The maximum Gasteiger partial charge on any atom is 0.171 e. The average molecular weight is 453 g/mol. The number of benzene rings is 1. The SMILES string of the molecule is CC(C)(C)C(=O)c1c[nH]c2ncc(-c3cccc(N4CCC5(CCS(=O)(=O)C5)C4)c3)nc12. The molecule has 168 valence electrons. The van der Waals surface area contributed by atoms with Crippen LogP contribution >= 0.6 is 0 Å². The first-order valence-corrected chi connectivity index (χ1v) is 12.8. The van der Waals surface area contributed by atoms with Crippen LogP contribution in [0.5, 0.6) is 0 Å². The minimum absolute atomic E-state index is 0.0258. The predicted octanol–water partition coefficient (Wildman–Crippen LogP) is 3.87. The summed E-state index contributed by atoms with van der Waals surface area (Å²) >= 11 is 0. The molecular formula is C24H28N4O3S. The standard InChI is InChI=1S/C24H28N4O3S/c1-23(2,3)21(29)18-12-25-22-20(18)27-19(13-26-22)16-5-4-6-17(11-16)28-9-7-24(14-28)8-10-32(30,31)15-24/h4-6,11-13H,7-10,14-15H2,1-3H3,(H,25,26). The van der Waals surface area contributed by atoms with Crippen molar-refractivity contribution in [3.63, 3.8) is 0 Å². The van der Waals surface area contributed by atoms with Crippen LogP contribution in [0.15, 0.2) is 36.7 Å². The van der Waals surface area contributed by atoms with Gasteiger partial charge < -0.3 is 9.88 Å². The molecule has 0 radical (unpaired) electrons. The minimum atomic E-state index is -2.91. The van der Waals surface area contributed by atoms with Gasteiger partial charge >= 0.3 is 0 Å². The molecule has 4 heterocycles. The van der Waals surface area contributed by atoms with E-state index in [2.05, 4.69) is 27.0 Å². The Bertz CT molecular complexity index is 1320. The van der Waals surface area contributed by atoms with Crippen molar-refractivity contribution in [2.24, 2.45) is 10.8 Å². The molecule has 2 fully saturated rings. The largest absolute Gasteiger partial charge is 0.371 e. The summed E-state index contributed by atoms with van der Waals surface area (Å²) in [5, 5.41) is 0. The van der Waals surface area contributed by atoms with Crippen LogP contribution in [0.3, 0.4) is 0 Å². The van der Waals surface area contributed by atoms with Crippen LogP contribution in [0, 0.1) is 10.8 Å². The third-order valence-corrected chi connectivity index (χ3v) is 8.60. The van der Waals surface area contributed by atoms with Gasteiger partial charge in [0, 0.05) is 41.4 Å². The number of nitrogens with one attached hydrogen (secondary N) is 1. The lowest BCUT2D eigenvalue weighted by Crippen LogP contribution is -2.28. The van der Waals surface area contributed by atoms with Crippen molar-refractivity contribution in [1.82, 2.24) is 15.0 Å². The van der Waals surface area contributed by atoms with E-state index in [9.17, 15) is 13.2 Å². The zero-order valence-corrected chi connectivity index (χ0v) is 19.5. The molecule has 1 spiro atoms. The Kier molecular flexibility index (Phi) is 4.71. The molecule has 5 rings (SSSR count). The van der Waals surface area contributed by atoms with E-state index in [1.54, 1.807) is 12.4 Å². The second-order valence-corrected chi connectivity index (χ2v) is 12.5. The van der Waals surface area contributed by atoms with Crippen molar-refractivity contribution in [2.75, 3.05) is 29.5 Å². The normalized spacial score (nSPS) is 22.8. The van der Waals surface area contributed by atoms with E-state index in [1.807, 2.05) is 32.9 Å². The molecule has 1 aromatic carbocycles. The van der Waals surface area contributed by atoms with Crippen LogP contribution < -0.4 is 4.90 Å². The highest BCUT2D eigenvalue weighted by Gasteiger charge is 2.46. The summed E-state index contributed by atoms with van der Waals surface area (Å²) in [5.41, 5.74) is 3.82. The summed E-state index contributed by atoms with van der Waals surface area (Å²) in [5.74, 6) is 0.636. The van der Waals surface area contributed by atoms with Crippen LogP contribution in [0.4, 0.5) is 5.69 Å². The zero-order chi connectivity index (χ0) is 22.7. The molecule has 7 nitrogen and oxygen atoms in total. The van der Waals surface area contributed by atoms with Gasteiger partial charge in [-0.05, 0) is 25.0 Å². The topological polar surface area (TPSA) is 96.0 Å². The third kappa shape index (κ3) is 3.70. The average Bonchev–Trinajstić information content (AvgIpc) is 3.43. The Morgan fingerprint density at radius 3 is 2.75 bits per heavy atom. The molecule has 8 heteroatoms. The number of H-pyrrole nitrogens is 1. The monoisotopic (exact) mass is 452 g/mol. The molecule has 32 heavy (non-hydrogen) atoms. The van der Waals surface area contributed by atoms with Gasteiger partial charge in [0.05, 0.1) is 29.0 Å². The van der Waals surface area contributed by atoms with Gasteiger partial charge in [-0.3, -0.25) is 4.79 Å². The lowest BCUT2D eigenvalue weighted by atomic mass is 9.87. The summed E-state index contributed by atoms with van der Waals surface area (Å²) in [6, 6.07) is 8.12. The molecule has 2 aromatic heterocycles. The lowest BCUT2D eigenvalue weighted by molar-refractivity contribution is 0.0860. The summed E-state index contributed by atoms with van der Waals surface area (Å²) in [6.45, 7) is 7.31. The van der Waals surface area contributed by atoms with E-state index in [1.165, 1.54) is 0 Å². The molecule has 0 bridgehead atoms. The summed E-state index contributed by atoms with van der Waals surface area (Å²) in [6.07, 6.45) is 5.08. The Morgan fingerprint density at radius 1 is 1.22 bits per heavy atom. The molecule has 2 aliphatic rings. The molecule has 3 aromatic rings. The molecular weight excluding hydrogens is 424 g/mol. The Morgan fingerprint density at radius 2 is 2.03 bits per heavy atom. The van der Waals surface area contributed by atoms with Crippen molar-refractivity contribution in [3.05, 3.63) is 42.2 Å². The van der Waals surface area contributed by atoms with Crippen LogP contribution in [0.2, 0.25) is 0 Å². The number of carbonyl (C=O) groups excluding carboxylic acids is 1. The molecule has 0 saturated carbocycles. The minimum Gasteiger partial charge on any atom is -0.371 e. The first-order valence-electron chi connectivity index (χ1n) is 11.0. The molecule has 1 N–H and O–H groups in total. The second-order valence-electron chi connectivity index (χ2n) is 10.3. The van der Waals surface area contributed by atoms with Crippen molar-refractivity contribution in [2.45, 2.75) is 33.6 Å². The van der Waals surface area contributed by atoms with Crippen LogP contribution in [-0.2, 0) is 9.84 Å². The summed E-state index contributed by atoms with van der Waals surface area (Å²) in [4.78, 5) is 27.5. The number of Topliss-reactive ketones (excluding diaryl/α,β-unsaturated/α-hetero) is 1. The van der Waals surface area contributed by atoms with Crippen LogP contribution in [-0.4, -0.2) is 53.7 Å². The first-order chi connectivity index (χ1) is 15.1. The van der Waals surface area contributed by atoms with Gasteiger partial charge in [0.1, 0.15) is 5.52 Å². The number of sulfone groups is 1. The van der Waals surface area contributed by atoms with Gasteiger partial charge in [-0.15, -0.1) is 0 Å². The number of anilines is 1. The highest BCUT2D eigenvalue weighted by molar-refractivity contribution is 7.91.